The lowest BCUT2D eigenvalue weighted by molar-refractivity contribution is -0.118. The van der Waals surface area contributed by atoms with Crippen LogP contribution in [0.1, 0.15) is 49.3 Å². The van der Waals surface area contributed by atoms with E-state index in [0.29, 0.717) is 33.5 Å². The van der Waals surface area contributed by atoms with Crippen molar-refractivity contribution in [2.75, 3.05) is 16.0 Å². The van der Waals surface area contributed by atoms with Crippen LogP contribution in [-0.4, -0.2) is 27.6 Å². The Labute approximate surface area is 242 Å². The molecule has 1 aromatic heterocycles. The first kappa shape index (κ1) is 27.6. The molecule has 40 heavy (non-hydrogen) atoms. The van der Waals surface area contributed by atoms with Crippen molar-refractivity contribution in [2.24, 2.45) is 11.1 Å². The van der Waals surface area contributed by atoms with Gasteiger partial charge in [0.25, 0.3) is 0 Å². The van der Waals surface area contributed by atoms with E-state index in [1.807, 2.05) is 62.4 Å². The summed E-state index contributed by atoms with van der Waals surface area (Å²) in [6, 6.07) is 17.7. The lowest BCUT2D eigenvalue weighted by atomic mass is 9.68. The maximum atomic E-state index is 13.7. The Balaban J connectivity index is 1.47. The van der Waals surface area contributed by atoms with E-state index in [1.165, 1.54) is 23.1 Å². The topological polar surface area (TPSA) is 125 Å². The molecule has 0 bridgehead atoms. The molecule has 5 rings (SSSR count). The zero-order valence-electron chi connectivity index (χ0n) is 22.8. The minimum Gasteiger partial charge on any atom is -0.384 e. The Bertz CT molecular complexity index is 1610. The third-order valence-corrected chi connectivity index (χ3v) is 9.14. The van der Waals surface area contributed by atoms with Crippen molar-refractivity contribution < 1.29 is 9.59 Å². The van der Waals surface area contributed by atoms with E-state index in [1.54, 1.807) is 4.90 Å². The molecule has 0 fully saturated rings. The Hall–Kier alpha value is -3.94. The molecule has 10 heteroatoms. The monoisotopic (exact) mass is 570 g/mol. The number of hydrogen-bond acceptors (Lipinski definition) is 9. The Morgan fingerprint density at radius 1 is 1.20 bits per heavy atom. The molecule has 1 aliphatic carbocycles. The van der Waals surface area contributed by atoms with Gasteiger partial charge >= 0.3 is 0 Å². The highest BCUT2D eigenvalue weighted by Gasteiger charge is 2.45. The van der Waals surface area contributed by atoms with Crippen LogP contribution in [0.4, 0.5) is 10.8 Å². The molecule has 1 amide bonds. The Kier molecular flexibility index (Phi) is 7.53. The second-order valence-corrected chi connectivity index (χ2v) is 13.1. The van der Waals surface area contributed by atoms with Crippen LogP contribution >= 0.6 is 23.1 Å². The summed E-state index contributed by atoms with van der Waals surface area (Å²) in [4.78, 5) is 28.0. The average Bonchev–Trinajstić information content (AvgIpc) is 3.35. The average molecular weight is 571 g/mol. The fraction of sp³-hybridized carbons (Fsp3) is 0.300. The summed E-state index contributed by atoms with van der Waals surface area (Å²) in [7, 11) is 0. The number of benzene rings is 2. The second-order valence-electron chi connectivity index (χ2n) is 10.9. The zero-order chi connectivity index (χ0) is 28.6. The van der Waals surface area contributed by atoms with Gasteiger partial charge < -0.3 is 11.1 Å². The molecule has 2 aliphatic rings. The summed E-state index contributed by atoms with van der Waals surface area (Å²) in [5.41, 5.74) is 11.8. The first-order chi connectivity index (χ1) is 19.1. The maximum absolute atomic E-state index is 13.7. The standard InChI is InChI=1S/C30H30N6O2S2/c1-17-8-7-10-19(12-17)33-24(38)16-39-29-35-34-28(40-29)36-22-13-30(3,4)14-23(37)26(22)25(21(15-31)27(36)32)20-11-6-5-9-18(20)2/h5-12,25H,13-14,16,32H2,1-4H3,(H,33,38). The molecule has 0 spiro atoms. The van der Waals surface area contributed by atoms with E-state index in [0.717, 1.165) is 28.1 Å². The maximum Gasteiger partial charge on any atom is 0.234 e. The highest BCUT2D eigenvalue weighted by atomic mass is 32.2. The SMILES string of the molecule is Cc1cccc(NC(=O)CSc2nnc(N3C(N)=C(C#N)C(c4ccccc4C)C4=C3CC(C)(C)CC4=O)s2)c1. The highest BCUT2D eigenvalue weighted by molar-refractivity contribution is 8.01. The van der Waals surface area contributed by atoms with E-state index in [-0.39, 0.29) is 28.7 Å². The number of aromatic nitrogens is 2. The van der Waals surface area contributed by atoms with Crippen LogP contribution in [0.25, 0.3) is 0 Å². The molecule has 0 saturated heterocycles. The number of nitrogens with two attached hydrogens (primary N) is 1. The van der Waals surface area contributed by atoms with Crippen LogP contribution in [0.5, 0.6) is 0 Å². The molecule has 0 radical (unpaired) electrons. The molecule has 1 atom stereocenters. The second kappa shape index (κ2) is 10.9. The first-order valence-electron chi connectivity index (χ1n) is 12.9. The molecule has 3 N–H and O–H groups in total. The summed E-state index contributed by atoms with van der Waals surface area (Å²) < 4.78 is 0.588. The van der Waals surface area contributed by atoms with Crippen molar-refractivity contribution in [2.45, 2.75) is 50.8 Å². The van der Waals surface area contributed by atoms with Gasteiger partial charge in [-0.15, -0.1) is 10.2 Å². The number of amides is 1. The molecule has 1 unspecified atom stereocenters. The van der Waals surface area contributed by atoms with E-state index in [4.69, 9.17) is 5.73 Å². The van der Waals surface area contributed by atoms with E-state index in [9.17, 15) is 14.9 Å². The Morgan fingerprint density at radius 2 is 1.98 bits per heavy atom. The number of allylic oxidation sites excluding steroid dienone is 3. The van der Waals surface area contributed by atoms with Crippen molar-refractivity contribution in [3.63, 3.8) is 0 Å². The smallest absolute Gasteiger partial charge is 0.234 e. The largest absolute Gasteiger partial charge is 0.384 e. The number of hydrogen-bond donors (Lipinski definition) is 2. The van der Waals surface area contributed by atoms with Crippen molar-refractivity contribution in [1.29, 1.82) is 5.26 Å². The number of aryl methyl sites for hydroxylation is 2. The Morgan fingerprint density at radius 3 is 2.70 bits per heavy atom. The van der Waals surface area contributed by atoms with Crippen LogP contribution in [0.2, 0.25) is 0 Å². The van der Waals surface area contributed by atoms with Gasteiger partial charge in [-0.1, -0.05) is 73.3 Å². The minimum absolute atomic E-state index is 0.0108. The van der Waals surface area contributed by atoms with Crippen LogP contribution in [0.15, 0.2) is 75.5 Å². The van der Waals surface area contributed by atoms with Crippen molar-refractivity contribution in [1.82, 2.24) is 10.2 Å². The van der Waals surface area contributed by atoms with Crippen LogP contribution in [-0.2, 0) is 9.59 Å². The summed E-state index contributed by atoms with van der Waals surface area (Å²) in [5.74, 6) is -0.261. The quantitative estimate of drug-likeness (QED) is 0.355. The van der Waals surface area contributed by atoms with Crippen LogP contribution < -0.4 is 16.0 Å². The summed E-state index contributed by atoms with van der Waals surface area (Å²) in [6.45, 7) is 8.07. The van der Waals surface area contributed by atoms with Gasteiger partial charge in [-0.25, -0.2) is 0 Å². The van der Waals surface area contributed by atoms with Gasteiger partial charge in [-0.05, 0) is 54.5 Å². The van der Waals surface area contributed by atoms with Gasteiger partial charge in [0.2, 0.25) is 11.0 Å². The minimum atomic E-state index is -0.534. The fourth-order valence-corrected chi connectivity index (χ4v) is 7.03. The number of carbonyl (C=O) groups is 2. The predicted molar refractivity (Wildman–Crippen MR) is 159 cm³/mol. The predicted octanol–water partition coefficient (Wildman–Crippen LogP) is 5.83. The molecular weight excluding hydrogens is 541 g/mol. The van der Waals surface area contributed by atoms with Gasteiger partial charge in [-0.2, -0.15) is 5.26 Å². The van der Waals surface area contributed by atoms with E-state index in [2.05, 4.69) is 35.4 Å². The highest BCUT2D eigenvalue weighted by Crippen LogP contribution is 2.51. The van der Waals surface area contributed by atoms with Crippen LogP contribution in [0, 0.1) is 30.6 Å². The summed E-state index contributed by atoms with van der Waals surface area (Å²) in [6.07, 6.45) is 0.977. The van der Waals surface area contributed by atoms with Gasteiger partial charge in [0.05, 0.1) is 23.3 Å². The molecule has 204 valence electrons. The van der Waals surface area contributed by atoms with Crippen molar-refractivity contribution in [3.05, 3.63) is 87.9 Å². The number of rotatable bonds is 6. The summed E-state index contributed by atoms with van der Waals surface area (Å²) >= 11 is 2.56. The fourth-order valence-electron chi connectivity index (χ4n) is 5.35. The molecule has 2 heterocycles. The number of carbonyl (C=O) groups excluding carboxylic acids is 2. The number of nitriles is 1. The lowest BCUT2D eigenvalue weighted by Gasteiger charge is -2.42. The zero-order valence-corrected chi connectivity index (χ0v) is 24.4. The number of nitrogens with zero attached hydrogens (tertiary/aromatic N) is 4. The number of ketones is 1. The van der Waals surface area contributed by atoms with E-state index < -0.39 is 5.92 Å². The molecular formula is C30H30N6O2S2. The van der Waals surface area contributed by atoms with Crippen molar-refractivity contribution >= 4 is 45.6 Å². The van der Waals surface area contributed by atoms with Crippen LogP contribution in [0.3, 0.4) is 0 Å². The number of thioether (sulfide) groups is 1. The van der Waals surface area contributed by atoms with Gasteiger partial charge in [0, 0.05) is 23.4 Å². The lowest BCUT2D eigenvalue weighted by Crippen LogP contribution is -2.42. The third-order valence-electron chi connectivity index (χ3n) is 7.10. The number of anilines is 2. The van der Waals surface area contributed by atoms with E-state index >= 15 is 0 Å². The molecule has 2 aromatic carbocycles. The van der Waals surface area contributed by atoms with Gasteiger partial charge in [-0.3, -0.25) is 14.5 Å². The molecule has 8 nitrogen and oxygen atoms in total. The number of Topliss-reactive ketones (excluding diaryl/α,β-unsaturated/α-hetero) is 1. The molecule has 1 aliphatic heterocycles. The third kappa shape index (κ3) is 5.40. The number of nitrogens with one attached hydrogen (secondary N) is 1. The van der Waals surface area contributed by atoms with Gasteiger partial charge in [0.15, 0.2) is 10.1 Å². The van der Waals surface area contributed by atoms with Crippen molar-refractivity contribution in [3.8, 4) is 6.07 Å². The summed E-state index contributed by atoms with van der Waals surface area (Å²) in [5, 5.41) is 22.3. The molecule has 3 aromatic rings. The van der Waals surface area contributed by atoms with Gasteiger partial charge in [0.1, 0.15) is 5.82 Å². The molecule has 0 saturated carbocycles. The normalized spacial score (nSPS) is 18.4. The first-order valence-corrected chi connectivity index (χ1v) is 14.7.